The Labute approximate surface area is 74.8 Å². The fraction of sp³-hybridized carbons (Fsp3) is 0.750. The fourth-order valence-electron chi connectivity index (χ4n) is 0.911. The maximum atomic E-state index is 11.7. The molecule has 1 atom stereocenters. The lowest BCUT2D eigenvalue weighted by atomic mass is 10.0. The Morgan fingerprint density at radius 1 is 1.38 bits per heavy atom. The van der Waals surface area contributed by atoms with E-state index in [1.54, 1.807) is 13.8 Å². The van der Waals surface area contributed by atoms with Crippen molar-refractivity contribution >= 4 is 12.0 Å². The van der Waals surface area contributed by atoms with Gasteiger partial charge in [-0.2, -0.15) is 13.2 Å². The van der Waals surface area contributed by atoms with Crippen molar-refractivity contribution in [1.82, 2.24) is 0 Å². The molecule has 0 aliphatic carbocycles. The second kappa shape index (κ2) is 4.39. The molecular weight excluding hydrogens is 183 g/mol. The maximum absolute atomic E-state index is 11.7. The quantitative estimate of drug-likeness (QED) is 0.635. The van der Waals surface area contributed by atoms with Crippen LogP contribution in [-0.4, -0.2) is 24.2 Å². The Hall–Kier alpha value is -0.870. The van der Waals surface area contributed by atoms with Gasteiger partial charge in [-0.3, -0.25) is 9.79 Å². The summed E-state index contributed by atoms with van der Waals surface area (Å²) in [5.41, 5.74) is 0. The lowest BCUT2D eigenvalue weighted by molar-refractivity contribution is -0.119. The first-order valence-electron chi connectivity index (χ1n) is 3.85. The number of ketones is 1. The van der Waals surface area contributed by atoms with Gasteiger partial charge in [0, 0.05) is 0 Å². The SMILES string of the molecule is CC(=O)C(N=CC(F)(F)F)C(C)C. The van der Waals surface area contributed by atoms with E-state index in [0.29, 0.717) is 0 Å². The summed E-state index contributed by atoms with van der Waals surface area (Å²) in [4.78, 5) is 14.0. The molecule has 0 aromatic rings. The van der Waals surface area contributed by atoms with Gasteiger partial charge in [0.15, 0.2) is 5.78 Å². The van der Waals surface area contributed by atoms with Crippen molar-refractivity contribution < 1.29 is 18.0 Å². The first-order chi connectivity index (χ1) is 5.74. The number of rotatable bonds is 3. The van der Waals surface area contributed by atoms with Crippen LogP contribution in [-0.2, 0) is 4.79 Å². The van der Waals surface area contributed by atoms with Crippen LogP contribution >= 0.6 is 0 Å². The van der Waals surface area contributed by atoms with E-state index in [9.17, 15) is 18.0 Å². The Morgan fingerprint density at radius 2 is 1.85 bits per heavy atom. The van der Waals surface area contributed by atoms with Crippen molar-refractivity contribution in [1.29, 1.82) is 0 Å². The number of Topliss-reactive ketones (excluding diaryl/α,β-unsaturated/α-hetero) is 1. The Bertz CT molecular complexity index is 208. The van der Waals surface area contributed by atoms with E-state index in [2.05, 4.69) is 4.99 Å². The molecule has 0 saturated carbocycles. The summed E-state index contributed by atoms with van der Waals surface area (Å²) in [6, 6.07) is -0.887. The Morgan fingerprint density at radius 3 is 2.08 bits per heavy atom. The summed E-state index contributed by atoms with van der Waals surface area (Å²) in [5.74, 6) is -0.563. The van der Waals surface area contributed by atoms with Gasteiger partial charge in [0.25, 0.3) is 0 Å². The molecule has 0 N–H and O–H groups in total. The van der Waals surface area contributed by atoms with Crippen LogP contribution in [0.15, 0.2) is 4.99 Å². The summed E-state index contributed by atoms with van der Waals surface area (Å²) in [6.45, 7) is 4.54. The Balaban J connectivity index is 4.44. The molecule has 0 saturated heterocycles. The third-order valence-electron chi connectivity index (χ3n) is 1.43. The molecule has 0 aliphatic rings. The number of carbonyl (C=O) groups excluding carboxylic acids is 1. The third-order valence-corrected chi connectivity index (χ3v) is 1.43. The molecular formula is C8H12F3NO. The molecule has 0 aliphatic heterocycles. The van der Waals surface area contributed by atoms with Crippen LogP contribution in [0, 0.1) is 5.92 Å². The van der Waals surface area contributed by atoms with Crippen LogP contribution in [0.4, 0.5) is 13.2 Å². The summed E-state index contributed by atoms with van der Waals surface area (Å²) in [7, 11) is 0. The third kappa shape index (κ3) is 5.38. The molecule has 0 amide bonds. The molecule has 13 heavy (non-hydrogen) atoms. The van der Waals surface area contributed by atoms with E-state index >= 15 is 0 Å². The van der Waals surface area contributed by atoms with Gasteiger partial charge in [0.1, 0.15) is 12.3 Å². The Kier molecular flexibility index (Phi) is 4.10. The first kappa shape index (κ1) is 12.1. The molecule has 0 bridgehead atoms. The minimum Gasteiger partial charge on any atom is -0.298 e. The van der Waals surface area contributed by atoms with Crippen molar-refractivity contribution in [2.45, 2.75) is 33.0 Å². The van der Waals surface area contributed by atoms with Crippen LogP contribution < -0.4 is 0 Å². The van der Waals surface area contributed by atoms with E-state index in [1.807, 2.05) is 0 Å². The van der Waals surface area contributed by atoms with Crippen molar-refractivity contribution in [2.24, 2.45) is 10.9 Å². The number of halogens is 3. The van der Waals surface area contributed by atoms with E-state index in [-0.39, 0.29) is 17.9 Å². The molecule has 0 spiro atoms. The summed E-state index contributed by atoms with van der Waals surface area (Å²) in [6.07, 6.45) is -4.57. The average Bonchev–Trinajstić information content (AvgIpc) is 1.82. The lowest BCUT2D eigenvalue weighted by Crippen LogP contribution is -2.24. The normalized spacial score (nSPS) is 15.3. The van der Waals surface area contributed by atoms with Gasteiger partial charge in [-0.15, -0.1) is 0 Å². The van der Waals surface area contributed by atoms with Crippen LogP contribution in [0.3, 0.4) is 0 Å². The number of alkyl halides is 3. The van der Waals surface area contributed by atoms with Crippen LogP contribution in [0.2, 0.25) is 0 Å². The van der Waals surface area contributed by atoms with Gasteiger partial charge in [0.2, 0.25) is 0 Å². The summed E-state index contributed by atoms with van der Waals surface area (Å²) < 4.78 is 35.0. The van der Waals surface area contributed by atoms with Crippen LogP contribution in [0.25, 0.3) is 0 Å². The molecule has 0 fully saturated rings. The first-order valence-corrected chi connectivity index (χ1v) is 3.85. The van der Waals surface area contributed by atoms with Crippen LogP contribution in [0.1, 0.15) is 20.8 Å². The topological polar surface area (TPSA) is 29.4 Å². The molecule has 5 heteroatoms. The highest BCUT2D eigenvalue weighted by atomic mass is 19.4. The van der Waals surface area contributed by atoms with Gasteiger partial charge in [-0.05, 0) is 12.8 Å². The molecule has 76 valence electrons. The highest BCUT2D eigenvalue weighted by Crippen LogP contribution is 2.13. The fourth-order valence-corrected chi connectivity index (χ4v) is 0.911. The van der Waals surface area contributed by atoms with Gasteiger partial charge < -0.3 is 0 Å². The predicted octanol–water partition coefficient (Wildman–Crippen LogP) is 2.23. The standard InChI is InChI=1S/C8H12F3NO/c1-5(2)7(6(3)13)12-4-8(9,10)11/h4-5,7H,1-3H3. The molecule has 0 aromatic heterocycles. The highest BCUT2D eigenvalue weighted by Gasteiger charge is 2.26. The minimum atomic E-state index is -4.44. The highest BCUT2D eigenvalue weighted by molar-refractivity contribution is 5.83. The molecule has 0 radical (unpaired) electrons. The van der Waals surface area contributed by atoms with Gasteiger partial charge in [0.05, 0.1) is 0 Å². The maximum Gasteiger partial charge on any atom is 0.426 e. The van der Waals surface area contributed by atoms with Crippen molar-refractivity contribution in [3.63, 3.8) is 0 Å². The average molecular weight is 195 g/mol. The monoisotopic (exact) mass is 195 g/mol. The molecule has 0 rings (SSSR count). The van der Waals surface area contributed by atoms with Gasteiger partial charge in [-0.1, -0.05) is 13.8 Å². The van der Waals surface area contributed by atoms with Gasteiger partial charge in [-0.25, -0.2) is 0 Å². The second-order valence-corrected chi connectivity index (χ2v) is 3.12. The van der Waals surface area contributed by atoms with E-state index < -0.39 is 12.2 Å². The minimum absolute atomic E-state index is 0.126. The predicted molar refractivity (Wildman–Crippen MR) is 43.9 cm³/mol. The zero-order chi connectivity index (χ0) is 10.6. The zero-order valence-corrected chi connectivity index (χ0v) is 7.72. The molecule has 1 unspecified atom stereocenters. The molecule has 0 aromatic carbocycles. The summed E-state index contributed by atoms with van der Waals surface area (Å²) in [5, 5.41) is 0. The lowest BCUT2D eigenvalue weighted by Gasteiger charge is -2.12. The van der Waals surface area contributed by atoms with Gasteiger partial charge >= 0.3 is 6.18 Å². The number of aliphatic imine (C=N–C) groups is 1. The van der Waals surface area contributed by atoms with Crippen LogP contribution in [0.5, 0.6) is 0 Å². The van der Waals surface area contributed by atoms with Crippen molar-refractivity contribution in [3.05, 3.63) is 0 Å². The van der Waals surface area contributed by atoms with E-state index in [1.165, 1.54) is 6.92 Å². The van der Waals surface area contributed by atoms with E-state index in [0.717, 1.165) is 0 Å². The molecule has 0 heterocycles. The summed E-state index contributed by atoms with van der Waals surface area (Å²) >= 11 is 0. The van der Waals surface area contributed by atoms with Crippen molar-refractivity contribution in [3.8, 4) is 0 Å². The largest absolute Gasteiger partial charge is 0.426 e. The van der Waals surface area contributed by atoms with Crippen molar-refractivity contribution in [2.75, 3.05) is 0 Å². The smallest absolute Gasteiger partial charge is 0.298 e. The second-order valence-electron chi connectivity index (χ2n) is 3.12. The number of hydrogen-bond acceptors (Lipinski definition) is 2. The number of nitrogens with zero attached hydrogens (tertiary/aromatic N) is 1. The van der Waals surface area contributed by atoms with E-state index in [4.69, 9.17) is 0 Å². The molecule has 2 nitrogen and oxygen atoms in total. The number of hydrogen-bond donors (Lipinski definition) is 0. The zero-order valence-electron chi connectivity index (χ0n) is 7.72. The number of carbonyl (C=O) groups is 1.